The van der Waals surface area contributed by atoms with Gasteiger partial charge in [0.1, 0.15) is 0 Å². The van der Waals surface area contributed by atoms with Crippen LogP contribution in [0.2, 0.25) is 18.9 Å². The predicted octanol–water partition coefficient (Wildman–Crippen LogP) is 8.51. The number of rotatable bonds is 8. The number of halogens is 2. The molecule has 0 fully saturated rings. The Morgan fingerprint density at radius 2 is 0.800 bits per heavy atom. The van der Waals surface area contributed by atoms with E-state index in [-0.39, 0.29) is 10.8 Å². The molecule has 0 saturated carbocycles. The van der Waals surface area contributed by atoms with Gasteiger partial charge in [-0.15, -0.1) is 0 Å². The molecule has 0 saturated heterocycles. The van der Waals surface area contributed by atoms with Crippen LogP contribution in [0.5, 0.6) is 0 Å². The van der Waals surface area contributed by atoms with Crippen LogP contribution in [0, 0.1) is 0 Å². The van der Waals surface area contributed by atoms with E-state index in [9.17, 15) is 0 Å². The molecule has 0 aliphatic rings. The molecular formula is C32H34Cl2Sn. The third kappa shape index (κ3) is 5.98. The van der Waals surface area contributed by atoms with Gasteiger partial charge in [-0.25, -0.2) is 0 Å². The minimum atomic E-state index is -3.41. The van der Waals surface area contributed by atoms with E-state index in [4.69, 9.17) is 23.2 Å². The Hall–Kier alpha value is -1.74. The first-order valence-electron chi connectivity index (χ1n) is 12.3. The Morgan fingerprint density at radius 3 is 1.11 bits per heavy atom. The Morgan fingerprint density at radius 1 is 0.486 bits per heavy atom. The van der Waals surface area contributed by atoms with Crippen molar-refractivity contribution < 1.29 is 0 Å². The average molecular weight is 608 g/mol. The van der Waals surface area contributed by atoms with Gasteiger partial charge in [-0.2, -0.15) is 0 Å². The second-order valence-corrected chi connectivity index (χ2v) is 23.3. The van der Waals surface area contributed by atoms with Crippen LogP contribution in [0.3, 0.4) is 0 Å². The van der Waals surface area contributed by atoms with Crippen molar-refractivity contribution in [2.24, 2.45) is 0 Å². The molecule has 0 aliphatic heterocycles. The summed E-state index contributed by atoms with van der Waals surface area (Å²) in [5.41, 5.74) is 2.82. The maximum absolute atomic E-state index is 6.39. The molecule has 0 unspecified atom stereocenters. The fourth-order valence-corrected chi connectivity index (χ4v) is 23.9. The predicted molar refractivity (Wildman–Crippen MR) is 156 cm³/mol. The standard InChI is InChI=1S/2C10H13.2C6H4Cl.Sn/c2*1-10(2,3)9-7-5-4-6-8-9;2*7-6-4-2-1-3-5-6;/h2*4-8H,1H2,2-3H3;2*2-5H;. The van der Waals surface area contributed by atoms with Crippen LogP contribution < -0.4 is 7.16 Å². The Kier molecular flexibility index (Phi) is 8.05. The summed E-state index contributed by atoms with van der Waals surface area (Å²) in [6, 6.07) is 39.5. The third-order valence-electron chi connectivity index (χ3n) is 7.39. The van der Waals surface area contributed by atoms with Crippen molar-refractivity contribution in [3.05, 3.63) is 130 Å². The van der Waals surface area contributed by atoms with Crippen LogP contribution in [-0.2, 0) is 10.8 Å². The Balaban J connectivity index is 1.95. The van der Waals surface area contributed by atoms with E-state index in [1.165, 1.54) is 18.3 Å². The van der Waals surface area contributed by atoms with Crippen LogP contribution in [0.15, 0.2) is 109 Å². The van der Waals surface area contributed by atoms with Crippen LogP contribution in [0.25, 0.3) is 0 Å². The molecule has 0 N–H and O–H groups in total. The van der Waals surface area contributed by atoms with Crippen molar-refractivity contribution in [1.29, 1.82) is 0 Å². The summed E-state index contributed by atoms with van der Waals surface area (Å²) >= 11 is 9.37. The van der Waals surface area contributed by atoms with E-state index in [2.05, 4.69) is 137 Å². The fourth-order valence-electron chi connectivity index (χ4n) is 5.67. The first-order valence-corrected chi connectivity index (χ1v) is 19.9. The monoisotopic (exact) mass is 608 g/mol. The van der Waals surface area contributed by atoms with Crippen molar-refractivity contribution in [2.45, 2.75) is 47.4 Å². The average Bonchev–Trinajstić information content (AvgIpc) is 2.85. The van der Waals surface area contributed by atoms with Gasteiger partial charge in [0.2, 0.25) is 0 Å². The van der Waals surface area contributed by atoms with Gasteiger partial charge >= 0.3 is 227 Å². The summed E-state index contributed by atoms with van der Waals surface area (Å²) in [6.07, 6.45) is 0. The molecule has 4 aromatic carbocycles. The van der Waals surface area contributed by atoms with Gasteiger partial charge in [0, 0.05) is 0 Å². The summed E-state index contributed by atoms with van der Waals surface area (Å²) < 4.78 is 5.26. The third-order valence-corrected chi connectivity index (χ3v) is 24.6. The van der Waals surface area contributed by atoms with Crippen molar-refractivity contribution in [3.63, 3.8) is 0 Å². The number of benzene rings is 4. The number of hydrogen-bond acceptors (Lipinski definition) is 0. The molecule has 3 heteroatoms. The summed E-state index contributed by atoms with van der Waals surface area (Å²) in [5.74, 6) is 0. The molecule has 4 rings (SSSR count). The van der Waals surface area contributed by atoms with E-state index in [0.29, 0.717) is 0 Å². The fraction of sp³-hybridized carbons (Fsp3) is 0.250. The quantitative estimate of drug-likeness (QED) is 0.176. The van der Waals surface area contributed by atoms with Crippen molar-refractivity contribution in [3.8, 4) is 0 Å². The summed E-state index contributed by atoms with van der Waals surface area (Å²) in [4.78, 5) is 0. The second kappa shape index (κ2) is 10.7. The van der Waals surface area contributed by atoms with Crippen LogP contribution in [0.4, 0.5) is 0 Å². The van der Waals surface area contributed by atoms with E-state index in [0.717, 1.165) is 18.9 Å². The summed E-state index contributed by atoms with van der Waals surface area (Å²) in [6.45, 7) is 9.65. The summed E-state index contributed by atoms with van der Waals surface area (Å²) in [7, 11) is 0. The molecule has 0 radical (unpaired) electrons. The molecule has 0 spiro atoms. The first kappa shape index (κ1) is 26.3. The minimum absolute atomic E-state index is 0.0172. The van der Waals surface area contributed by atoms with Crippen LogP contribution in [0.1, 0.15) is 38.8 Å². The molecule has 4 aromatic rings. The normalized spacial score (nSPS) is 12.5. The zero-order valence-electron chi connectivity index (χ0n) is 21.1. The zero-order valence-corrected chi connectivity index (χ0v) is 25.4. The molecular weight excluding hydrogens is 574 g/mol. The molecule has 0 aliphatic carbocycles. The van der Waals surface area contributed by atoms with E-state index >= 15 is 0 Å². The van der Waals surface area contributed by atoms with Gasteiger partial charge in [0.05, 0.1) is 0 Å². The van der Waals surface area contributed by atoms with Crippen molar-refractivity contribution in [1.82, 2.24) is 0 Å². The molecule has 180 valence electrons. The first-order chi connectivity index (χ1) is 16.6. The van der Waals surface area contributed by atoms with Crippen molar-refractivity contribution >= 4 is 48.7 Å². The Labute approximate surface area is 225 Å². The molecule has 0 nitrogen and oxygen atoms in total. The molecule has 0 heterocycles. The maximum atomic E-state index is 6.39. The molecule has 35 heavy (non-hydrogen) atoms. The van der Waals surface area contributed by atoms with E-state index in [1.54, 1.807) is 0 Å². The van der Waals surface area contributed by atoms with Gasteiger partial charge in [-0.1, -0.05) is 0 Å². The van der Waals surface area contributed by atoms with Gasteiger partial charge < -0.3 is 0 Å². The second-order valence-electron chi connectivity index (χ2n) is 10.9. The van der Waals surface area contributed by atoms with E-state index in [1.807, 2.05) is 0 Å². The zero-order chi connectivity index (χ0) is 25.1. The molecule has 0 bridgehead atoms. The Bertz CT molecular complexity index is 1130. The van der Waals surface area contributed by atoms with Crippen LogP contribution >= 0.6 is 23.2 Å². The van der Waals surface area contributed by atoms with Gasteiger partial charge in [0.15, 0.2) is 0 Å². The van der Waals surface area contributed by atoms with Crippen LogP contribution in [-0.4, -0.2) is 18.4 Å². The molecule has 0 aromatic heterocycles. The summed E-state index contributed by atoms with van der Waals surface area (Å²) in [5, 5.41) is 1.57. The topological polar surface area (TPSA) is 0 Å². The SMILES string of the molecule is CC(C)([CH2][Sn]([CH2]C(C)(C)c1ccccc1)([c]1ccc(Cl)cc1)[c]1ccc(Cl)cc1)c1ccccc1. The van der Waals surface area contributed by atoms with E-state index < -0.39 is 18.4 Å². The molecule has 0 amide bonds. The van der Waals surface area contributed by atoms with Gasteiger partial charge in [-0.05, 0) is 0 Å². The van der Waals surface area contributed by atoms with Gasteiger partial charge in [0.25, 0.3) is 0 Å². The molecule has 0 atom stereocenters. The van der Waals surface area contributed by atoms with Crippen molar-refractivity contribution in [2.75, 3.05) is 0 Å². The number of hydrogen-bond donors (Lipinski definition) is 0. The van der Waals surface area contributed by atoms with Gasteiger partial charge in [-0.3, -0.25) is 0 Å².